The number of fused-ring (bicyclic) bond motifs is 1. The Bertz CT molecular complexity index is 1100. The van der Waals surface area contributed by atoms with E-state index in [1.165, 1.54) is 11.3 Å². The Morgan fingerprint density at radius 3 is 2.53 bits per heavy atom. The van der Waals surface area contributed by atoms with Crippen LogP contribution in [0.15, 0.2) is 53.6 Å². The number of pyridine rings is 1. The highest BCUT2D eigenvalue weighted by molar-refractivity contribution is 7.89. The second-order valence-corrected chi connectivity index (χ2v) is 9.81. The van der Waals surface area contributed by atoms with Crippen LogP contribution in [-0.4, -0.2) is 29.7 Å². The molecule has 0 spiro atoms. The zero-order valence-corrected chi connectivity index (χ0v) is 18.3. The average molecular weight is 425 g/mol. The molecule has 2 aromatic heterocycles. The molecule has 0 fully saturated rings. The summed E-state index contributed by atoms with van der Waals surface area (Å²) in [4.78, 5) is 4.76. The molecule has 0 atom stereocenters. The van der Waals surface area contributed by atoms with Gasteiger partial charge in [-0.05, 0) is 61.4 Å². The van der Waals surface area contributed by atoms with Crippen molar-refractivity contribution in [3.63, 3.8) is 0 Å². The van der Waals surface area contributed by atoms with Crippen LogP contribution in [0.5, 0.6) is 0 Å². The molecule has 0 radical (unpaired) electrons. The maximum absolute atomic E-state index is 12.7. The fourth-order valence-corrected chi connectivity index (χ4v) is 4.99. The lowest BCUT2D eigenvalue weighted by molar-refractivity contribution is 0.538. The van der Waals surface area contributed by atoms with E-state index in [9.17, 15) is 8.42 Å². The molecule has 7 heteroatoms. The summed E-state index contributed by atoms with van der Waals surface area (Å²) in [6, 6.07) is 12.9. The third-order valence-corrected chi connectivity index (χ3v) is 7.11. The van der Waals surface area contributed by atoms with Gasteiger partial charge in [-0.2, -0.15) is 5.10 Å². The second kappa shape index (κ2) is 8.70. The molecule has 1 aliphatic carbocycles. The SMILES string of the molecule is CC(C)c1ccc(S(=O)(=O)NCCn2nc(-c3ccccn3)c3c2CCCC3)cc1. The Balaban J connectivity index is 1.49. The lowest BCUT2D eigenvalue weighted by Gasteiger charge is -2.14. The minimum Gasteiger partial charge on any atom is -0.267 e. The van der Waals surface area contributed by atoms with Gasteiger partial charge in [0.1, 0.15) is 5.69 Å². The Kier molecular flexibility index (Phi) is 6.01. The molecule has 4 rings (SSSR count). The Morgan fingerprint density at radius 1 is 1.07 bits per heavy atom. The first-order valence-electron chi connectivity index (χ1n) is 10.6. The van der Waals surface area contributed by atoms with Crippen molar-refractivity contribution in [1.29, 1.82) is 0 Å². The molecule has 0 amide bonds. The maximum Gasteiger partial charge on any atom is 0.240 e. The molecule has 3 aromatic rings. The quantitative estimate of drug-likeness (QED) is 0.624. The van der Waals surface area contributed by atoms with Crippen LogP contribution >= 0.6 is 0 Å². The van der Waals surface area contributed by atoms with E-state index in [2.05, 4.69) is 23.6 Å². The second-order valence-electron chi connectivity index (χ2n) is 8.04. The van der Waals surface area contributed by atoms with Crippen LogP contribution in [-0.2, 0) is 29.4 Å². The molecule has 0 bridgehead atoms. The van der Waals surface area contributed by atoms with Gasteiger partial charge in [0.15, 0.2) is 0 Å². The van der Waals surface area contributed by atoms with Crippen LogP contribution in [0.1, 0.15) is 49.4 Å². The van der Waals surface area contributed by atoms with Crippen LogP contribution in [0, 0.1) is 0 Å². The zero-order chi connectivity index (χ0) is 21.1. The first-order chi connectivity index (χ1) is 14.5. The number of hydrogen-bond acceptors (Lipinski definition) is 4. The first kappa shape index (κ1) is 20.8. The predicted molar refractivity (Wildman–Crippen MR) is 118 cm³/mol. The standard InChI is InChI=1S/C23H28N4O2S/c1-17(2)18-10-12-19(13-11-18)30(28,29)25-15-16-27-22-9-4-3-7-20(22)23(26-27)21-8-5-6-14-24-21/h5-6,8,10-14,17,25H,3-4,7,9,15-16H2,1-2H3. The van der Waals surface area contributed by atoms with Crippen molar-refractivity contribution in [1.82, 2.24) is 19.5 Å². The maximum atomic E-state index is 12.7. The molecule has 0 unspecified atom stereocenters. The van der Waals surface area contributed by atoms with E-state index in [1.54, 1.807) is 18.3 Å². The van der Waals surface area contributed by atoms with Gasteiger partial charge in [0.25, 0.3) is 0 Å². The normalized spacial score (nSPS) is 14.1. The van der Waals surface area contributed by atoms with Crippen LogP contribution < -0.4 is 4.72 Å². The summed E-state index contributed by atoms with van der Waals surface area (Å²) in [5, 5.41) is 4.80. The van der Waals surface area contributed by atoms with Gasteiger partial charge in [-0.3, -0.25) is 9.67 Å². The van der Waals surface area contributed by atoms with Gasteiger partial charge in [-0.25, -0.2) is 13.1 Å². The highest BCUT2D eigenvalue weighted by Gasteiger charge is 2.22. The summed E-state index contributed by atoms with van der Waals surface area (Å²) in [6.45, 7) is 4.97. The van der Waals surface area contributed by atoms with Crippen molar-refractivity contribution in [2.45, 2.75) is 56.9 Å². The summed E-state index contributed by atoms with van der Waals surface area (Å²) in [5.41, 5.74) is 5.39. The number of benzene rings is 1. The van der Waals surface area contributed by atoms with Crippen molar-refractivity contribution in [2.24, 2.45) is 0 Å². The minimum atomic E-state index is -3.54. The molecule has 30 heavy (non-hydrogen) atoms. The molecule has 1 aliphatic rings. The average Bonchev–Trinajstić information content (AvgIpc) is 3.13. The molecule has 1 aromatic carbocycles. The van der Waals surface area contributed by atoms with E-state index in [4.69, 9.17) is 5.10 Å². The number of sulfonamides is 1. The van der Waals surface area contributed by atoms with Gasteiger partial charge in [-0.15, -0.1) is 0 Å². The zero-order valence-electron chi connectivity index (χ0n) is 17.5. The van der Waals surface area contributed by atoms with Gasteiger partial charge in [0.2, 0.25) is 10.0 Å². The molecule has 0 saturated carbocycles. The van der Waals surface area contributed by atoms with Gasteiger partial charge in [0, 0.05) is 24.0 Å². The summed E-state index contributed by atoms with van der Waals surface area (Å²) in [6.07, 6.45) is 6.03. The highest BCUT2D eigenvalue weighted by atomic mass is 32.2. The fraction of sp³-hybridized carbons (Fsp3) is 0.391. The largest absolute Gasteiger partial charge is 0.267 e. The molecule has 2 heterocycles. The van der Waals surface area contributed by atoms with Crippen molar-refractivity contribution in [3.05, 3.63) is 65.5 Å². The van der Waals surface area contributed by atoms with E-state index in [-0.39, 0.29) is 0 Å². The third-order valence-electron chi connectivity index (χ3n) is 5.64. The van der Waals surface area contributed by atoms with Gasteiger partial charge >= 0.3 is 0 Å². The molecule has 6 nitrogen and oxygen atoms in total. The lowest BCUT2D eigenvalue weighted by atomic mass is 9.95. The number of rotatable bonds is 7. The summed E-state index contributed by atoms with van der Waals surface area (Å²) < 4.78 is 30.0. The molecule has 0 aliphatic heterocycles. The Labute approximate surface area is 178 Å². The molecular weight excluding hydrogens is 396 g/mol. The Hall–Kier alpha value is -2.51. The predicted octanol–water partition coefficient (Wildman–Crippen LogP) is 3.93. The van der Waals surface area contributed by atoms with Crippen LogP contribution in [0.4, 0.5) is 0 Å². The van der Waals surface area contributed by atoms with E-state index in [0.717, 1.165) is 42.6 Å². The molecular formula is C23H28N4O2S. The summed E-state index contributed by atoms with van der Waals surface area (Å²) >= 11 is 0. The van der Waals surface area contributed by atoms with Crippen molar-refractivity contribution in [2.75, 3.05) is 6.54 Å². The van der Waals surface area contributed by atoms with E-state index < -0.39 is 10.0 Å². The Morgan fingerprint density at radius 2 is 1.83 bits per heavy atom. The van der Waals surface area contributed by atoms with Crippen molar-refractivity contribution < 1.29 is 8.42 Å². The van der Waals surface area contributed by atoms with Crippen molar-refractivity contribution >= 4 is 10.0 Å². The van der Waals surface area contributed by atoms with Crippen molar-refractivity contribution in [3.8, 4) is 11.4 Å². The van der Waals surface area contributed by atoms with Gasteiger partial charge in [0.05, 0.1) is 17.1 Å². The monoisotopic (exact) mass is 424 g/mol. The summed E-state index contributed by atoms with van der Waals surface area (Å²) in [7, 11) is -3.54. The van der Waals surface area contributed by atoms with Gasteiger partial charge in [-0.1, -0.05) is 32.0 Å². The van der Waals surface area contributed by atoms with Gasteiger partial charge < -0.3 is 0 Å². The molecule has 1 N–H and O–H groups in total. The number of nitrogens with one attached hydrogen (secondary N) is 1. The number of hydrogen-bond donors (Lipinski definition) is 1. The topological polar surface area (TPSA) is 76.9 Å². The van der Waals surface area contributed by atoms with Crippen LogP contribution in [0.2, 0.25) is 0 Å². The number of aromatic nitrogens is 3. The highest BCUT2D eigenvalue weighted by Crippen LogP contribution is 2.30. The van der Waals surface area contributed by atoms with E-state index in [0.29, 0.717) is 23.9 Å². The summed E-state index contributed by atoms with van der Waals surface area (Å²) in [5.74, 6) is 0.369. The fourth-order valence-electron chi connectivity index (χ4n) is 3.97. The lowest BCUT2D eigenvalue weighted by Crippen LogP contribution is -2.28. The third kappa shape index (κ3) is 4.32. The number of nitrogens with zero attached hydrogens (tertiary/aromatic N) is 3. The molecule has 0 saturated heterocycles. The minimum absolute atomic E-state index is 0.295. The van der Waals surface area contributed by atoms with Crippen LogP contribution in [0.25, 0.3) is 11.4 Å². The molecule has 158 valence electrons. The van der Waals surface area contributed by atoms with Crippen LogP contribution in [0.3, 0.4) is 0 Å². The van der Waals surface area contributed by atoms with E-state index >= 15 is 0 Å². The van der Waals surface area contributed by atoms with E-state index in [1.807, 2.05) is 35.0 Å². The smallest absolute Gasteiger partial charge is 0.240 e. The first-order valence-corrected chi connectivity index (χ1v) is 12.0.